The molecule has 0 saturated heterocycles. The maximum Gasteiger partial charge on any atom is 0.194 e. The van der Waals surface area contributed by atoms with Crippen molar-refractivity contribution >= 4 is 11.3 Å². The van der Waals surface area contributed by atoms with E-state index in [9.17, 15) is 0 Å². The van der Waals surface area contributed by atoms with Crippen LogP contribution in [0, 0.1) is 0 Å². The third-order valence-electron chi connectivity index (χ3n) is 2.81. The molecule has 4 nitrogen and oxygen atoms in total. The number of hydrogen-bond donors (Lipinski definition) is 1. The predicted octanol–water partition coefficient (Wildman–Crippen LogP) is 2.48. The van der Waals surface area contributed by atoms with Crippen LogP contribution in [0.4, 0.5) is 0 Å². The number of oxazole rings is 1. The van der Waals surface area contributed by atoms with E-state index in [1.165, 1.54) is 12.8 Å². The quantitative estimate of drug-likeness (QED) is 0.799. The Morgan fingerprint density at radius 1 is 1.41 bits per heavy atom. The van der Waals surface area contributed by atoms with Crippen molar-refractivity contribution in [1.82, 2.24) is 15.3 Å². The molecule has 0 amide bonds. The monoisotopic (exact) mass is 249 g/mol. The van der Waals surface area contributed by atoms with E-state index < -0.39 is 0 Å². The molecule has 0 atom stereocenters. The van der Waals surface area contributed by atoms with E-state index in [1.807, 2.05) is 6.20 Å². The van der Waals surface area contributed by atoms with Gasteiger partial charge >= 0.3 is 0 Å². The van der Waals surface area contributed by atoms with Gasteiger partial charge in [0, 0.05) is 18.7 Å². The molecular weight excluding hydrogens is 234 g/mol. The van der Waals surface area contributed by atoms with Crippen molar-refractivity contribution in [2.75, 3.05) is 6.54 Å². The third-order valence-corrected chi connectivity index (χ3v) is 3.59. The highest BCUT2D eigenvalue weighted by molar-refractivity contribution is 7.13. The summed E-state index contributed by atoms with van der Waals surface area (Å²) in [7, 11) is 0. The summed E-state index contributed by atoms with van der Waals surface area (Å²) >= 11 is 1.57. The minimum atomic E-state index is 0.785. The molecule has 1 fully saturated rings. The molecule has 2 aromatic heterocycles. The maximum atomic E-state index is 5.68. The molecule has 1 N–H and O–H groups in total. The Hall–Kier alpha value is -1.20. The van der Waals surface area contributed by atoms with Crippen LogP contribution in [0.3, 0.4) is 0 Å². The van der Waals surface area contributed by atoms with Gasteiger partial charge in [-0.1, -0.05) is 0 Å². The zero-order valence-electron chi connectivity index (χ0n) is 9.56. The zero-order valence-corrected chi connectivity index (χ0v) is 10.4. The largest absolute Gasteiger partial charge is 0.440 e. The van der Waals surface area contributed by atoms with Crippen LogP contribution in [0.2, 0.25) is 0 Å². The Kier molecular flexibility index (Phi) is 3.20. The lowest BCUT2D eigenvalue weighted by molar-refractivity contribution is 0.492. The summed E-state index contributed by atoms with van der Waals surface area (Å²) in [5.74, 6) is 1.66. The van der Waals surface area contributed by atoms with Crippen LogP contribution >= 0.6 is 11.3 Å². The molecule has 90 valence electrons. The minimum Gasteiger partial charge on any atom is -0.440 e. The van der Waals surface area contributed by atoms with Gasteiger partial charge in [-0.2, -0.15) is 0 Å². The van der Waals surface area contributed by atoms with Crippen molar-refractivity contribution < 1.29 is 4.42 Å². The molecule has 2 aromatic rings. The van der Waals surface area contributed by atoms with Gasteiger partial charge in [0.2, 0.25) is 0 Å². The second kappa shape index (κ2) is 4.98. The van der Waals surface area contributed by atoms with Gasteiger partial charge < -0.3 is 9.73 Å². The average molecular weight is 249 g/mol. The Morgan fingerprint density at radius 3 is 3.12 bits per heavy atom. The Labute approximate surface area is 104 Å². The Balaban J connectivity index is 1.50. The third kappa shape index (κ3) is 2.92. The lowest BCUT2D eigenvalue weighted by atomic mass is 10.3. The van der Waals surface area contributed by atoms with Crippen molar-refractivity contribution in [2.24, 2.45) is 0 Å². The number of nitrogens with zero attached hydrogens (tertiary/aromatic N) is 2. The van der Waals surface area contributed by atoms with Crippen LogP contribution in [0.1, 0.15) is 25.2 Å². The van der Waals surface area contributed by atoms with Gasteiger partial charge in [-0.3, -0.25) is 4.98 Å². The number of thiazole rings is 1. The summed E-state index contributed by atoms with van der Waals surface area (Å²) in [6.45, 7) is 1.06. The molecular formula is C12H15N3OS. The molecule has 1 saturated carbocycles. The van der Waals surface area contributed by atoms with Gasteiger partial charge in [-0.05, 0) is 25.8 Å². The second-order valence-electron chi connectivity index (χ2n) is 4.32. The van der Waals surface area contributed by atoms with Crippen molar-refractivity contribution in [3.63, 3.8) is 0 Å². The molecule has 17 heavy (non-hydrogen) atoms. The molecule has 0 unspecified atom stereocenters. The summed E-state index contributed by atoms with van der Waals surface area (Å²) in [6, 6.07) is 0.785. The van der Waals surface area contributed by atoms with E-state index in [0.29, 0.717) is 0 Å². The highest BCUT2D eigenvalue weighted by atomic mass is 32.1. The van der Waals surface area contributed by atoms with Gasteiger partial charge in [0.25, 0.3) is 0 Å². The van der Waals surface area contributed by atoms with Gasteiger partial charge in [0.15, 0.2) is 11.7 Å². The molecule has 0 bridgehead atoms. The fourth-order valence-corrected chi connectivity index (χ4v) is 2.28. The van der Waals surface area contributed by atoms with Crippen molar-refractivity contribution in [1.29, 1.82) is 0 Å². The van der Waals surface area contributed by atoms with E-state index in [2.05, 4.69) is 15.3 Å². The fraction of sp³-hybridized carbons (Fsp3) is 0.500. The number of aromatic nitrogens is 2. The summed E-state index contributed by atoms with van der Waals surface area (Å²) < 4.78 is 5.68. The number of nitrogens with one attached hydrogen (secondary N) is 1. The van der Waals surface area contributed by atoms with Crippen molar-refractivity contribution in [3.8, 4) is 10.6 Å². The van der Waals surface area contributed by atoms with Crippen LogP contribution in [0.25, 0.3) is 10.6 Å². The van der Waals surface area contributed by atoms with E-state index >= 15 is 0 Å². The predicted molar refractivity (Wildman–Crippen MR) is 67.0 cm³/mol. The highest BCUT2D eigenvalue weighted by Crippen LogP contribution is 2.24. The first-order valence-corrected chi connectivity index (χ1v) is 6.87. The highest BCUT2D eigenvalue weighted by Gasteiger charge is 2.19. The lowest BCUT2D eigenvalue weighted by Crippen LogP contribution is -2.17. The van der Waals surface area contributed by atoms with Gasteiger partial charge in [-0.25, -0.2) is 4.98 Å². The topological polar surface area (TPSA) is 51.0 Å². The van der Waals surface area contributed by atoms with Crippen LogP contribution < -0.4 is 5.32 Å². The first kappa shape index (κ1) is 10.9. The molecule has 0 spiro atoms. The standard InChI is InChI=1S/C12H15N3OS/c1(5-14-9-3-4-9)2-12-15-6-10(16-12)11-7-13-8-17-11/h6-9,14H,1-5H2. The van der Waals surface area contributed by atoms with E-state index in [0.717, 1.165) is 42.0 Å². The van der Waals surface area contributed by atoms with Gasteiger partial charge in [0.1, 0.15) is 0 Å². The molecule has 5 heteroatoms. The molecule has 1 aliphatic rings. The molecule has 1 aliphatic carbocycles. The second-order valence-corrected chi connectivity index (χ2v) is 5.20. The normalized spacial score (nSPS) is 15.3. The van der Waals surface area contributed by atoms with E-state index in [-0.39, 0.29) is 0 Å². The molecule has 0 aromatic carbocycles. The molecule has 3 rings (SSSR count). The van der Waals surface area contributed by atoms with Crippen LogP contribution in [-0.4, -0.2) is 22.6 Å². The minimum absolute atomic E-state index is 0.785. The Bertz CT molecular complexity index is 462. The molecule has 2 heterocycles. The lowest BCUT2D eigenvalue weighted by Gasteiger charge is -1.99. The SMILES string of the molecule is c1ncc(-c2cnc(CCCNC3CC3)o2)s1. The first-order chi connectivity index (χ1) is 8.42. The summed E-state index contributed by atoms with van der Waals surface area (Å²) in [5.41, 5.74) is 1.80. The van der Waals surface area contributed by atoms with E-state index in [4.69, 9.17) is 4.42 Å². The number of aryl methyl sites for hydroxylation is 1. The molecule has 0 radical (unpaired) electrons. The zero-order chi connectivity index (χ0) is 11.5. The number of rotatable bonds is 6. The summed E-state index contributed by atoms with van der Waals surface area (Å²) in [4.78, 5) is 9.36. The van der Waals surface area contributed by atoms with Crippen LogP contribution in [0.15, 0.2) is 22.3 Å². The van der Waals surface area contributed by atoms with Crippen LogP contribution in [-0.2, 0) is 6.42 Å². The first-order valence-electron chi connectivity index (χ1n) is 5.99. The average Bonchev–Trinajstić information content (AvgIpc) is 2.84. The molecule has 0 aliphatic heterocycles. The van der Waals surface area contributed by atoms with Gasteiger partial charge in [0.05, 0.1) is 16.6 Å². The smallest absolute Gasteiger partial charge is 0.194 e. The Morgan fingerprint density at radius 2 is 2.35 bits per heavy atom. The number of hydrogen-bond acceptors (Lipinski definition) is 5. The summed E-state index contributed by atoms with van der Waals surface area (Å²) in [5, 5.41) is 3.48. The maximum absolute atomic E-state index is 5.68. The van der Waals surface area contributed by atoms with Crippen molar-refractivity contribution in [3.05, 3.63) is 23.8 Å². The van der Waals surface area contributed by atoms with Gasteiger partial charge in [-0.15, -0.1) is 11.3 Å². The van der Waals surface area contributed by atoms with Crippen LogP contribution in [0.5, 0.6) is 0 Å². The fourth-order valence-electron chi connectivity index (χ4n) is 1.71. The van der Waals surface area contributed by atoms with E-state index in [1.54, 1.807) is 23.0 Å². The summed E-state index contributed by atoms with van der Waals surface area (Å²) in [6.07, 6.45) is 8.27. The van der Waals surface area contributed by atoms with Crippen molar-refractivity contribution in [2.45, 2.75) is 31.7 Å².